The summed E-state index contributed by atoms with van der Waals surface area (Å²) < 4.78 is 2.12. The molecule has 0 unspecified atom stereocenters. The fourth-order valence-corrected chi connectivity index (χ4v) is 4.83. The average Bonchev–Trinajstić information content (AvgIpc) is 3.21. The predicted octanol–water partition coefficient (Wildman–Crippen LogP) is 5.91. The molecular formula is C24H24ClN3OS. The Morgan fingerprint density at radius 2 is 1.90 bits per heavy atom. The molecule has 1 fully saturated rings. The normalized spacial score (nSPS) is 17.4. The van der Waals surface area contributed by atoms with Gasteiger partial charge in [-0.1, -0.05) is 54.6 Å². The third kappa shape index (κ3) is 4.13. The van der Waals surface area contributed by atoms with Crippen molar-refractivity contribution in [3.05, 3.63) is 87.0 Å². The standard InChI is InChI=1S/C24H24ClN3OS/c1-4-17-9-11-19(12-10-17)26-24-27-23(29)22(30-24)14-18-13-15(2)28(16(18)3)21-8-6-5-7-20(21)25/h5-14,24,26H,4H2,1-3H3,(H,27,29)/b22-14-/t24-/m0/s1. The molecule has 0 aliphatic carbocycles. The minimum Gasteiger partial charge on any atom is -0.357 e. The first-order chi connectivity index (χ1) is 14.5. The Bertz CT molecular complexity index is 1120. The monoisotopic (exact) mass is 437 g/mol. The van der Waals surface area contributed by atoms with Gasteiger partial charge in [-0.2, -0.15) is 0 Å². The Hall–Kier alpha value is -2.63. The van der Waals surface area contributed by atoms with Gasteiger partial charge in [0.15, 0.2) is 5.50 Å². The van der Waals surface area contributed by atoms with Gasteiger partial charge in [-0.25, -0.2) is 0 Å². The molecule has 6 heteroatoms. The van der Waals surface area contributed by atoms with Crippen LogP contribution in [0.1, 0.15) is 29.4 Å². The van der Waals surface area contributed by atoms with Crippen LogP contribution in [0.4, 0.5) is 5.69 Å². The molecule has 4 nitrogen and oxygen atoms in total. The zero-order valence-corrected chi connectivity index (χ0v) is 18.8. The molecule has 2 heterocycles. The molecule has 2 N–H and O–H groups in total. The summed E-state index contributed by atoms with van der Waals surface area (Å²) in [5.74, 6) is -0.0646. The fourth-order valence-electron chi connectivity index (χ4n) is 3.63. The molecule has 30 heavy (non-hydrogen) atoms. The number of nitrogens with zero attached hydrogens (tertiary/aromatic N) is 1. The second-order valence-electron chi connectivity index (χ2n) is 7.29. The van der Waals surface area contributed by atoms with Gasteiger partial charge in [0.05, 0.1) is 15.6 Å². The Morgan fingerprint density at radius 3 is 2.60 bits per heavy atom. The van der Waals surface area contributed by atoms with Crippen LogP contribution in [-0.4, -0.2) is 16.0 Å². The fraction of sp³-hybridized carbons (Fsp3) is 0.208. The van der Waals surface area contributed by atoms with Crippen molar-refractivity contribution in [3.8, 4) is 5.69 Å². The maximum atomic E-state index is 12.5. The summed E-state index contributed by atoms with van der Waals surface area (Å²) in [5.41, 5.74) is 6.16. The van der Waals surface area contributed by atoms with E-state index in [0.717, 1.165) is 34.7 Å². The molecule has 1 atom stereocenters. The molecule has 1 aliphatic heterocycles. The van der Waals surface area contributed by atoms with E-state index in [0.29, 0.717) is 9.93 Å². The van der Waals surface area contributed by atoms with Gasteiger partial charge >= 0.3 is 0 Å². The highest BCUT2D eigenvalue weighted by Crippen LogP contribution is 2.33. The highest BCUT2D eigenvalue weighted by molar-refractivity contribution is 8.05. The quantitative estimate of drug-likeness (QED) is 0.488. The zero-order chi connectivity index (χ0) is 21.3. The Morgan fingerprint density at radius 1 is 1.17 bits per heavy atom. The second-order valence-corrected chi connectivity index (χ2v) is 8.84. The highest BCUT2D eigenvalue weighted by Gasteiger charge is 2.27. The van der Waals surface area contributed by atoms with E-state index in [-0.39, 0.29) is 11.4 Å². The first-order valence-corrected chi connectivity index (χ1v) is 11.2. The van der Waals surface area contributed by atoms with Gasteiger partial charge in [-0.05, 0) is 67.8 Å². The van der Waals surface area contributed by atoms with Crippen molar-refractivity contribution in [3.63, 3.8) is 0 Å². The van der Waals surface area contributed by atoms with E-state index in [4.69, 9.17) is 11.6 Å². The van der Waals surface area contributed by atoms with Crippen molar-refractivity contribution >= 4 is 41.0 Å². The van der Waals surface area contributed by atoms with Crippen molar-refractivity contribution in [2.45, 2.75) is 32.7 Å². The number of carbonyl (C=O) groups excluding carboxylic acids is 1. The molecule has 1 aromatic heterocycles. The van der Waals surface area contributed by atoms with Crippen LogP contribution in [0.5, 0.6) is 0 Å². The van der Waals surface area contributed by atoms with Crippen LogP contribution in [0.25, 0.3) is 11.8 Å². The lowest BCUT2D eigenvalue weighted by Gasteiger charge is -2.13. The number of nitrogens with one attached hydrogen (secondary N) is 2. The second kappa shape index (κ2) is 8.62. The third-order valence-corrected chi connectivity index (χ3v) is 6.59. The average molecular weight is 438 g/mol. The SMILES string of the molecule is CCc1ccc(N[C@H]2NC(=O)/C(=C/c3cc(C)n(-c4ccccc4Cl)c3C)S2)cc1. The molecular weight excluding hydrogens is 414 g/mol. The van der Waals surface area contributed by atoms with Gasteiger partial charge in [-0.15, -0.1) is 0 Å². The third-order valence-electron chi connectivity index (χ3n) is 5.24. The van der Waals surface area contributed by atoms with Crippen molar-refractivity contribution in [2.24, 2.45) is 0 Å². The van der Waals surface area contributed by atoms with Gasteiger partial charge in [0.1, 0.15) is 0 Å². The molecule has 0 bridgehead atoms. The first-order valence-electron chi connectivity index (χ1n) is 9.95. The number of amides is 1. The minimum atomic E-state index is -0.191. The number of para-hydroxylation sites is 1. The van der Waals surface area contributed by atoms with Gasteiger partial charge in [0, 0.05) is 17.1 Å². The van der Waals surface area contributed by atoms with E-state index < -0.39 is 0 Å². The molecule has 1 aliphatic rings. The van der Waals surface area contributed by atoms with Gasteiger partial charge in [0.2, 0.25) is 0 Å². The molecule has 0 saturated carbocycles. The Labute approximate surface area is 186 Å². The molecule has 154 valence electrons. The van der Waals surface area contributed by atoms with E-state index in [9.17, 15) is 4.79 Å². The number of anilines is 1. The van der Waals surface area contributed by atoms with E-state index in [2.05, 4.69) is 40.3 Å². The molecule has 1 amide bonds. The zero-order valence-electron chi connectivity index (χ0n) is 17.2. The van der Waals surface area contributed by atoms with Gasteiger partial charge in [0.25, 0.3) is 5.91 Å². The maximum absolute atomic E-state index is 12.5. The molecule has 1 saturated heterocycles. The number of hydrogen-bond donors (Lipinski definition) is 2. The number of aromatic nitrogens is 1. The van der Waals surface area contributed by atoms with E-state index in [1.807, 2.05) is 56.3 Å². The van der Waals surface area contributed by atoms with Crippen LogP contribution in [0.2, 0.25) is 5.02 Å². The minimum absolute atomic E-state index is 0.0646. The van der Waals surface area contributed by atoms with E-state index in [1.54, 1.807) is 0 Å². The summed E-state index contributed by atoms with van der Waals surface area (Å²) in [5, 5.41) is 7.07. The number of halogens is 1. The van der Waals surface area contributed by atoms with Crippen LogP contribution in [0.15, 0.2) is 59.5 Å². The number of hydrogen-bond acceptors (Lipinski definition) is 3. The van der Waals surface area contributed by atoms with Crippen LogP contribution in [-0.2, 0) is 11.2 Å². The van der Waals surface area contributed by atoms with Crippen molar-refractivity contribution < 1.29 is 4.79 Å². The summed E-state index contributed by atoms with van der Waals surface area (Å²) in [4.78, 5) is 13.2. The number of thioether (sulfide) groups is 1. The van der Waals surface area contributed by atoms with E-state index >= 15 is 0 Å². The largest absolute Gasteiger partial charge is 0.357 e. The summed E-state index contributed by atoms with van der Waals surface area (Å²) >= 11 is 7.90. The summed E-state index contributed by atoms with van der Waals surface area (Å²) in [7, 11) is 0. The molecule has 3 aromatic rings. The van der Waals surface area contributed by atoms with Crippen molar-refractivity contribution in [1.82, 2.24) is 9.88 Å². The van der Waals surface area contributed by atoms with Crippen molar-refractivity contribution in [1.29, 1.82) is 0 Å². The predicted molar refractivity (Wildman–Crippen MR) is 127 cm³/mol. The van der Waals surface area contributed by atoms with Gasteiger partial charge < -0.3 is 15.2 Å². The Balaban J connectivity index is 1.56. The number of aryl methyl sites for hydroxylation is 2. The van der Waals surface area contributed by atoms with Crippen LogP contribution >= 0.6 is 23.4 Å². The van der Waals surface area contributed by atoms with Crippen molar-refractivity contribution in [2.75, 3.05) is 5.32 Å². The summed E-state index contributed by atoms with van der Waals surface area (Å²) in [6, 6.07) is 18.2. The summed E-state index contributed by atoms with van der Waals surface area (Å²) in [6.45, 7) is 6.23. The maximum Gasteiger partial charge on any atom is 0.260 e. The molecule has 4 rings (SSSR count). The van der Waals surface area contributed by atoms with Crippen LogP contribution in [0.3, 0.4) is 0 Å². The van der Waals surface area contributed by atoms with Gasteiger partial charge in [-0.3, -0.25) is 4.79 Å². The number of rotatable bonds is 5. The topological polar surface area (TPSA) is 46.1 Å². The number of benzene rings is 2. The van der Waals surface area contributed by atoms with Crippen LogP contribution in [0, 0.1) is 13.8 Å². The Kier molecular flexibility index (Phi) is 5.93. The molecule has 2 aromatic carbocycles. The molecule has 0 radical (unpaired) electrons. The smallest absolute Gasteiger partial charge is 0.260 e. The molecule has 0 spiro atoms. The van der Waals surface area contributed by atoms with Crippen LogP contribution < -0.4 is 10.6 Å². The lowest BCUT2D eigenvalue weighted by Crippen LogP contribution is -2.30. The lowest BCUT2D eigenvalue weighted by molar-refractivity contribution is -0.116. The summed E-state index contributed by atoms with van der Waals surface area (Å²) in [6.07, 6.45) is 2.96. The van der Waals surface area contributed by atoms with E-state index in [1.165, 1.54) is 17.3 Å². The first kappa shape index (κ1) is 20.6. The highest BCUT2D eigenvalue weighted by atomic mass is 35.5. The lowest BCUT2D eigenvalue weighted by atomic mass is 10.1. The number of carbonyl (C=O) groups is 1.